The van der Waals surface area contributed by atoms with E-state index < -0.39 is 0 Å². The van der Waals surface area contributed by atoms with Crippen molar-refractivity contribution in [1.82, 2.24) is 4.98 Å². The van der Waals surface area contributed by atoms with Crippen molar-refractivity contribution < 1.29 is 9.47 Å². The Kier molecular flexibility index (Phi) is 4.52. The monoisotopic (exact) mass is 210 g/mol. The molecule has 0 aliphatic carbocycles. The van der Waals surface area contributed by atoms with Crippen LogP contribution in [0.25, 0.3) is 0 Å². The van der Waals surface area contributed by atoms with Gasteiger partial charge < -0.3 is 15.2 Å². The highest BCUT2D eigenvalue weighted by Crippen LogP contribution is 2.13. The van der Waals surface area contributed by atoms with E-state index in [0.29, 0.717) is 19.0 Å². The second-order valence-corrected chi connectivity index (χ2v) is 3.48. The van der Waals surface area contributed by atoms with Gasteiger partial charge >= 0.3 is 0 Å². The maximum atomic E-state index is 5.56. The minimum atomic E-state index is 0.00521. The summed E-state index contributed by atoms with van der Waals surface area (Å²) in [5, 5.41) is 0. The van der Waals surface area contributed by atoms with Gasteiger partial charge in [-0.1, -0.05) is 6.07 Å². The van der Waals surface area contributed by atoms with Crippen LogP contribution in [0.15, 0.2) is 12.1 Å². The minimum Gasteiger partial charge on any atom is -0.472 e. The quantitative estimate of drug-likeness (QED) is 0.795. The second-order valence-electron chi connectivity index (χ2n) is 3.48. The highest BCUT2D eigenvalue weighted by atomic mass is 16.5. The van der Waals surface area contributed by atoms with E-state index in [1.807, 2.05) is 26.0 Å². The largest absolute Gasteiger partial charge is 0.472 e. The number of aromatic nitrogens is 1. The van der Waals surface area contributed by atoms with Gasteiger partial charge in [-0.15, -0.1) is 0 Å². The fraction of sp³-hybridized carbons (Fsp3) is 0.545. The summed E-state index contributed by atoms with van der Waals surface area (Å²) < 4.78 is 10.5. The van der Waals surface area contributed by atoms with Crippen LogP contribution in [0.5, 0.6) is 5.88 Å². The lowest BCUT2D eigenvalue weighted by Gasteiger charge is -2.13. The molecule has 0 radical (unpaired) electrons. The van der Waals surface area contributed by atoms with E-state index in [1.54, 1.807) is 7.11 Å². The number of aryl methyl sites for hydroxylation is 1. The van der Waals surface area contributed by atoms with E-state index in [4.69, 9.17) is 15.2 Å². The number of hydrogen-bond acceptors (Lipinski definition) is 4. The predicted molar refractivity (Wildman–Crippen MR) is 58.8 cm³/mol. The Morgan fingerprint density at radius 3 is 2.73 bits per heavy atom. The fourth-order valence-corrected chi connectivity index (χ4v) is 1.32. The van der Waals surface area contributed by atoms with Crippen molar-refractivity contribution >= 4 is 0 Å². The molecule has 0 spiro atoms. The lowest BCUT2D eigenvalue weighted by atomic mass is 10.2. The van der Waals surface area contributed by atoms with Crippen molar-refractivity contribution in [3.63, 3.8) is 0 Å². The molecule has 4 nitrogen and oxygen atoms in total. The van der Waals surface area contributed by atoms with Gasteiger partial charge in [-0.2, -0.15) is 0 Å². The zero-order valence-electron chi connectivity index (χ0n) is 9.49. The topological polar surface area (TPSA) is 57.4 Å². The van der Waals surface area contributed by atoms with Crippen LogP contribution < -0.4 is 10.5 Å². The molecule has 2 N–H and O–H groups in total. The summed E-state index contributed by atoms with van der Waals surface area (Å²) in [5.41, 5.74) is 7.51. The zero-order chi connectivity index (χ0) is 11.3. The van der Waals surface area contributed by atoms with E-state index in [9.17, 15) is 0 Å². The molecule has 0 saturated heterocycles. The molecule has 1 unspecified atom stereocenters. The zero-order valence-corrected chi connectivity index (χ0v) is 9.49. The molecule has 1 rings (SSSR count). The number of nitrogens with zero attached hydrogens (tertiary/aromatic N) is 1. The summed E-state index contributed by atoms with van der Waals surface area (Å²) in [7, 11) is 1.65. The Balaban J connectivity index is 2.66. The van der Waals surface area contributed by atoms with Gasteiger partial charge in [0.1, 0.15) is 6.10 Å². The van der Waals surface area contributed by atoms with Gasteiger partial charge in [-0.05, 0) is 19.4 Å². The van der Waals surface area contributed by atoms with Gasteiger partial charge in [0.05, 0.1) is 6.61 Å². The van der Waals surface area contributed by atoms with Crippen LogP contribution in [0, 0.1) is 6.92 Å². The Hall–Kier alpha value is -1.13. The first-order valence-corrected chi connectivity index (χ1v) is 4.99. The van der Waals surface area contributed by atoms with E-state index >= 15 is 0 Å². The Morgan fingerprint density at radius 1 is 1.47 bits per heavy atom. The molecule has 0 fully saturated rings. The summed E-state index contributed by atoms with van der Waals surface area (Å²) >= 11 is 0. The number of ether oxygens (including phenoxy) is 2. The molecule has 84 valence electrons. The molecule has 0 amide bonds. The molecule has 1 aromatic heterocycles. The van der Waals surface area contributed by atoms with E-state index in [0.717, 1.165) is 11.3 Å². The predicted octanol–water partition coefficient (Wildman–Crippen LogP) is 1.26. The molecule has 15 heavy (non-hydrogen) atoms. The van der Waals surface area contributed by atoms with Crippen molar-refractivity contribution in [2.24, 2.45) is 5.73 Å². The summed E-state index contributed by atoms with van der Waals surface area (Å²) in [4.78, 5) is 4.31. The van der Waals surface area contributed by atoms with E-state index in [1.165, 1.54) is 0 Å². The first-order valence-electron chi connectivity index (χ1n) is 4.99. The van der Waals surface area contributed by atoms with Crippen molar-refractivity contribution in [3.8, 4) is 5.88 Å². The molecule has 0 bridgehead atoms. The van der Waals surface area contributed by atoms with E-state index in [-0.39, 0.29) is 6.10 Å². The molecular formula is C11H18N2O2. The number of pyridine rings is 1. The van der Waals surface area contributed by atoms with Gasteiger partial charge in [0.2, 0.25) is 5.88 Å². The van der Waals surface area contributed by atoms with Crippen LogP contribution in [0.2, 0.25) is 0 Å². The second kappa shape index (κ2) is 5.68. The molecule has 0 aliphatic heterocycles. The highest BCUT2D eigenvalue weighted by Gasteiger charge is 2.05. The van der Waals surface area contributed by atoms with Gasteiger partial charge in [0, 0.05) is 25.4 Å². The van der Waals surface area contributed by atoms with Gasteiger partial charge in [-0.25, -0.2) is 4.98 Å². The molecular weight excluding hydrogens is 192 g/mol. The van der Waals surface area contributed by atoms with Crippen LogP contribution in [-0.4, -0.2) is 24.8 Å². The van der Waals surface area contributed by atoms with Crippen molar-refractivity contribution in [2.75, 3.05) is 13.7 Å². The Morgan fingerprint density at radius 2 is 2.20 bits per heavy atom. The third-order valence-corrected chi connectivity index (χ3v) is 2.11. The molecule has 4 heteroatoms. The fourth-order valence-electron chi connectivity index (χ4n) is 1.32. The van der Waals surface area contributed by atoms with Crippen molar-refractivity contribution in [1.29, 1.82) is 0 Å². The third-order valence-electron chi connectivity index (χ3n) is 2.11. The molecule has 1 aromatic rings. The smallest absolute Gasteiger partial charge is 0.213 e. The van der Waals surface area contributed by atoms with Crippen LogP contribution in [0.1, 0.15) is 18.2 Å². The number of methoxy groups -OCH3 is 1. The maximum Gasteiger partial charge on any atom is 0.213 e. The Bertz CT molecular complexity index is 315. The number of hydrogen-bond donors (Lipinski definition) is 1. The molecule has 0 aromatic carbocycles. The normalized spacial score (nSPS) is 12.5. The summed E-state index contributed by atoms with van der Waals surface area (Å²) in [6.07, 6.45) is 0.00521. The van der Waals surface area contributed by atoms with Crippen LogP contribution >= 0.6 is 0 Å². The molecule has 0 saturated carbocycles. The molecule has 1 heterocycles. The summed E-state index contributed by atoms with van der Waals surface area (Å²) in [6.45, 7) is 4.93. The van der Waals surface area contributed by atoms with E-state index in [2.05, 4.69) is 4.98 Å². The summed E-state index contributed by atoms with van der Waals surface area (Å²) in [6, 6.07) is 3.78. The van der Waals surface area contributed by atoms with Gasteiger partial charge in [0.15, 0.2) is 0 Å². The highest BCUT2D eigenvalue weighted by molar-refractivity contribution is 5.24. The van der Waals surface area contributed by atoms with Crippen LogP contribution in [0.3, 0.4) is 0 Å². The Labute approximate surface area is 90.4 Å². The summed E-state index contributed by atoms with van der Waals surface area (Å²) in [5.74, 6) is 0.620. The SMILES string of the molecule is COCC(C)Oc1ccc(CN)c(C)n1. The molecule has 1 atom stereocenters. The molecule has 0 aliphatic rings. The van der Waals surface area contributed by atoms with Crippen LogP contribution in [0.4, 0.5) is 0 Å². The maximum absolute atomic E-state index is 5.56. The number of nitrogens with two attached hydrogens (primary N) is 1. The van der Waals surface area contributed by atoms with Crippen molar-refractivity contribution in [2.45, 2.75) is 26.5 Å². The lowest BCUT2D eigenvalue weighted by Crippen LogP contribution is -2.18. The van der Waals surface area contributed by atoms with Gasteiger partial charge in [-0.3, -0.25) is 0 Å². The number of rotatable bonds is 5. The van der Waals surface area contributed by atoms with Crippen LogP contribution in [-0.2, 0) is 11.3 Å². The third kappa shape index (κ3) is 3.49. The lowest BCUT2D eigenvalue weighted by molar-refractivity contribution is 0.0888. The van der Waals surface area contributed by atoms with Gasteiger partial charge in [0.25, 0.3) is 0 Å². The van der Waals surface area contributed by atoms with Crippen molar-refractivity contribution in [3.05, 3.63) is 23.4 Å². The first kappa shape index (κ1) is 11.9. The first-order chi connectivity index (χ1) is 7.17. The standard InChI is InChI=1S/C11H18N2O2/c1-8(7-14-3)15-11-5-4-10(6-12)9(2)13-11/h4-5,8H,6-7,12H2,1-3H3. The minimum absolute atomic E-state index is 0.00521. The average molecular weight is 210 g/mol. The average Bonchev–Trinajstić information content (AvgIpc) is 2.18.